The monoisotopic (exact) mass is 389 g/mol. The van der Waals surface area contributed by atoms with Crippen LogP contribution in [-0.4, -0.2) is 31.2 Å². The van der Waals surface area contributed by atoms with Gasteiger partial charge in [0.15, 0.2) is 0 Å². The fourth-order valence-corrected chi connectivity index (χ4v) is 5.39. The van der Waals surface area contributed by atoms with Crippen LogP contribution in [0.2, 0.25) is 0 Å². The van der Waals surface area contributed by atoms with E-state index in [1.54, 1.807) is 35.7 Å². The summed E-state index contributed by atoms with van der Waals surface area (Å²) in [4.78, 5) is 12.9. The molecule has 3 rings (SSSR count). The molecule has 0 radical (unpaired) electrons. The van der Waals surface area contributed by atoms with E-state index in [9.17, 15) is 13.2 Å². The maximum Gasteiger partial charge on any atom is 0.243 e. The third-order valence-electron chi connectivity index (χ3n) is 4.41. The highest BCUT2D eigenvalue weighted by Crippen LogP contribution is 2.28. The van der Waals surface area contributed by atoms with Crippen LogP contribution < -0.4 is 5.32 Å². The molecule has 2 heterocycles. The van der Waals surface area contributed by atoms with Crippen LogP contribution in [0, 0.1) is 18.3 Å². The molecule has 1 aliphatic heterocycles. The Balaban J connectivity index is 1.87. The molecule has 2 aromatic rings. The van der Waals surface area contributed by atoms with Crippen molar-refractivity contribution in [2.75, 3.05) is 11.9 Å². The largest absolute Gasteiger partial charge is 0.315 e. The number of nitrogens with zero attached hydrogens (tertiary/aromatic N) is 2. The van der Waals surface area contributed by atoms with E-state index in [1.165, 1.54) is 15.6 Å². The molecule has 1 saturated heterocycles. The van der Waals surface area contributed by atoms with Gasteiger partial charge in [0.1, 0.15) is 17.1 Å². The number of carbonyl (C=O) groups excluding carboxylic acids is 1. The highest BCUT2D eigenvalue weighted by molar-refractivity contribution is 7.89. The van der Waals surface area contributed by atoms with Crippen LogP contribution in [0.25, 0.3) is 0 Å². The van der Waals surface area contributed by atoms with E-state index in [2.05, 4.69) is 5.32 Å². The maximum atomic E-state index is 13.0. The lowest BCUT2D eigenvalue weighted by atomic mass is 10.0. The van der Waals surface area contributed by atoms with E-state index in [0.29, 0.717) is 23.5 Å². The Bertz CT molecular complexity index is 943. The van der Waals surface area contributed by atoms with Crippen LogP contribution in [0.15, 0.2) is 40.6 Å². The summed E-state index contributed by atoms with van der Waals surface area (Å²) in [5.41, 5.74) is 1.35. The number of carbonyl (C=O) groups is 1. The molecule has 136 valence electrons. The molecule has 1 aliphatic rings. The second kappa shape index (κ2) is 7.58. The van der Waals surface area contributed by atoms with Crippen LogP contribution in [0.1, 0.15) is 30.4 Å². The Labute approximate surface area is 157 Å². The molecular formula is C18H19N3O3S2. The summed E-state index contributed by atoms with van der Waals surface area (Å²) >= 11 is 1.25. The van der Waals surface area contributed by atoms with Crippen molar-refractivity contribution in [3.05, 3.63) is 46.8 Å². The van der Waals surface area contributed by atoms with Gasteiger partial charge < -0.3 is 5.32 Å². The van der Waals surface area contributed by atoms with Crippen molar-refractivity contribution in [2.45, 2.75) is 37.1 Å². The molecule has 1 aromatic carbocycles. The molecule has 6 nitrogen and oxygen atoms in total. The Morgan fingerprint density at radius 3 is 2.69 bits per heavy atom. The van der Waals surface area contributed by atoms with E-state index in [4.69, 9.17) is 5.26 Å². The molecule has 8 heteroatoms. The predicted molar refractivity (Wildman–Crippen MR) is 100 cm³/mol. The second-order valence-corrected chi connectivity index (χ2v) is 9.01. The van der Waals surface area contributed by atoms with E-state index in [1.807, 2.05) is 13.0 Å². The highest BCUT2D eigenvalue weighted by atomic mass is 32.2. The fourth-order valence-electron chi connectivity index (χ4n) is 2.99. The van der Waals surface area contributed by atoms with Gasteiger partial charge in [-0.3, -0.25) is 4.79 Å². The molecule has 26 heavy (non-hydrogen) atoms. The summed E-state index contributed by atoms with van der Waals surface area (Å²) in [6.07, 6.45) is 1.97. The minimum Gasteiger partial charge on any atom is -0.315 e. The number of thiophene rings is 1. The number of piperidine rings is 1. The third kappa shape index (κ3) is 3.65. The maximum absolute atomic E-state index is 13.0. The second-order valence-electron chi connectivity index (χ2n) is 6.20. The Kier molecular flexibility index (Phi) is 5.41. The summed E-state index contributed by atoms with van der Waals surface area (Å²) in [5, 5.41) is 14.0. The number of hydrogen-bond donors (Lipinski definition) is 1. The van der Waals surface area contributed by atoms with E-state index >= 15 is 0 Å². The normalized spacial score (nSPS) is 18.2. The first-order chi connectivity index (χ1) is 12.4. The molecule has 1 atom stereocenters. The molecule has 0 unspecified atom stereocenters. The van der Waals surface area contributed by atoms with Crippen molar-refractivity contribution in [1.29, 1.82) is 5.26 Å². The SMILES string of the molecule is Cc1ccc(S(=O)(=O)N2CCCC[C@H]2C(=O)Nc2sccc2C#N)cc1. The zero-order valence-corrected chi connectivity index (χ0v) is 15.9. The van der Waals surface area contributed by atoms with Crippen molar-refractivity contribution in [3.63, 3.8) is 0 Å². The molecule has 1 aromatic heterocycles. The lowest BCUT2D eigenvalue weighted by molar-refractivity contribution is -0.120. The summed E-state index contributed by atoms with van der Waals surface area (Å²) in [7, 11) is -3.76. The van der Waals surface area contributed by atoms with E-state index in [-0.39, 0.29) is 10.8 Å². The first kappa shape index (κ1) is 18.6. The Morgan fingerprint density at radius 2 is 2.00 bits per heavy atom. The molecule has 0 spiro atoms. The number of aryl methyl sites for hydroxylation is 1. The number of benzene rings is 1. The number of nitrogens with one attached hydrogen (secondary N) is 1. The number of hydrogen-bond acceptors (Lipinski definition) is 5. The number of sulfonamides is 1. The topological polar surface area (TPSA) is 90.3 Å². The van der Waals surface area contributed by atoms with Crippen LogP contribution >= 0.6 is 11.3 Å². The van der Waals surface area contributed by atoms with Crippen molar-refractivity contribution >= 4 is 32.3 Å². The van der Waals surface area contributed by atoms with E-state index < -0.39 is 16.1 Å². The van der Waals surface area contributed by atoms with Crippen LogP contribution in [0.5, 0.6) is 0 Å². The Hall–Kier alpha value is -2.21. The summed E-state index contributed by atoms with van der Waals surface area (Å²) < 4.78 is 27.4. The molecular weight excluding hydrogens is 370 g/mol. The molecule has 1 amide bonds. The van der Waals surface area contributed by atoms with Gasteiger partial charge in [0, 0.05) is 6.54 Å². The first-order valence-corrected chi connectivity index (χ1v) is 10.6. The molecule has 0 saturated carbocycles. The zero-order valence-electron chi connectivity index (χ0n) is 14.3. The summed E-state index contributed by atoms with van der Waals surface area (Å²) in [5.74, 6) is -0.390. The van der Waals surface area contributed by atoms with Crippen molar-refractivity contribution in [2.24, 2.45) is 0 Å². The predicted octanol–water partition coefficient (Wildman–Crippen LogP) is 3.11. The summed E-state index contributed by atoms with van der Waals surface area (Å²) in [6, 6.07) is 9.51. The lowest BCUT2D eigenvalue weighted by Gasteiger charge is -2.33. The van der Waals surface area contributed by atoms with E-state index in [0.717, 1.165) is 18.4 Å². The lowest BCUT2D eigenvalue weighted by Crippen LogP contribution is -2.49. The van der Waals surface area contributed by atoms with Crippen molar-refractivity contribution < 1.29 is 13.2 Å². The quantitative estimate of drug-likeness (QED) is 0.870. The standard InChI is InChI=1S/C18H19N3O3S2/c1-13-5-7-15(8-6-13)26(23,24)21-10-3-2-4-16(21)17(22)20-18-14(12-19)9-11-25-18/h5-9,11,16H,2-4,10H2,1H3,(H,20,22)/t16-/m0/s1. The minimum atomic E-state index is -3.76. The van der Waals surface area contributed by atoms with Gasteiger partial charge in [0.05, 0.1) is 10.5 Å². The smallest absolute Gasteiger partial charge is 0.243 e. The summed E-state index contributed by atoms with van der Waals surface area (Å²) in [6.45, 7) is 2.20. The average molecular weight is 390 g/mol. The van der Waals surface area contributed by atoms with Gasteiger partial charge >= 0.3 is 0 Å². The van der Waals surface area contributed by atoms with Gasteiger partial charge in [-0.2, -0.15) is 9.57 Å². The Morgan fingerprint density at radius 1 is 1.27 bits per heavy atom. The van der Waals surface area contributed by atoms with Gasteiger partial charge in [-0.25, -0.2) is 8.42 Å². The van der Waals surface area contributed by atoms with Gasteiger partial charge in [0.25, 0.3) is 0 Å². The van der Waals surface area contributed by atoms with Crippen LogP contribution in [-0.2, 0) is 14.8 Å². The molecule has 0 bridgehead atoms. The molecule has 1 N–H and O–H groups in total. The fraction of sp³-hybridized carbons (Fsp3) is 0.333. The number of anilines is 1. The van der Waals surface area contributed by atoms with Crippen molar-refractivity contribution in [1.82, 2.24) is 4.31 Å². The number of rotatable bonds is 4. The molecule has 0 aliphatic carbocycles. The van der Waals surface area contributed by atoms with Gasteiger partial charge in [0.2, 0.25) is 15.9 Å². The first-order valence-electron chi connectivity index (χ1n) is 8.30. The molecule has 1 fully saturated rings. The minimum absolute atomic E-state index is 0.191. The van der Waals surface area contributed by atoms with Crippen molar-refractivity contribution in [3.8, 4) is 6.07 Å². The van der Waals surface area contributed by atoms with Gasteiger partial charge in [-0.05, 0) is 43.3 Å². The van der Waals surface area contributed by atoms with Crippen LogP contribution in [0.3, 0.4) is 0 Å². The third-order valence-corrected chi connectivity index (χ3v) is 7.16. The van der Waals surface area contributed by atoms with Gasteiger partial charge in [-0.1, -0.05) is 24.1 Å². The average Bonchev–Trinajstić information content (AvgIpc) is 3.09. The number of nitriles is 1. The number of amides is 1. The highest BCUT2D eigenvalue weighted by Gasteiger charge is 2.37. The van der Waals surface area contributed by atoms with Crippen LogP contribution in [0.4, 0.5) is 5.00 Å². The van der Waals surface area contributed by atoms with Gasteiger partial charge in [-0.15, -0.1) is 11.3 Å². The zero-order chi connectivity index (χ0) is 18.7.